The van der Waals surface area contributed by atoms with Crippen LogP contribution < -0.4 is 4.74 Å². The normalized spacial score (nSPS) is 13.9. The van der Waals surface area contributed by atoms with Crippen LogP contribution in [-0.2, 0) is 0 Å². The van der Waals surface area contributed by atoms with E-state index in [1.807, 2.05) is 44.2 Å². The molecule has 1 aromatic rings. The van der Waals surface area contributed by atoms with E-state index < -0.39 is 5.72 Å². The van der Waals surface area contributed by atoms with Crippen LogP contribution in [0.2, 0.25) is 0 Å². The molecular weight excluding hydrogens is 194 g/mol. The van der Waals surface area contributed by atoms with Gasteiger partial charge in [-0.3, -0.25) is 0 Å². The molecule has 74 valence electrons. The Balaban J connectivity index is 2.80. The Bertz CT molecular complexity index is 332. The molecule has 14 heavy (non-hydrogen) atoms. The van der Waals surface area contributed by atoms with Crippen LogP contribution in [0.1, 0.15) is 20.3 Å². The number of aliphatic imine (C=N–C) groups is 1. The van der Waals surface area contributed by atoms with Crippen molar-refractivity contribution in [3.8, 4) is 5.75 Å². The van der Waals surface area contributed by atoms with Gasteiger partial charge in [0.15, 0.2) is 0 Å². The van der Waals surface area contributed by atoms with E-state index in [0.29, 0.717) is 0 Å². The van der Waals surface area contributed by atoms with Crippen molar-refractivity contribution in [3.05, 3.63) is 30.3 Å². The standard InChI is InChI=1S/C11H13NOS/c1-3-11(2,12-9-14)13-10-7-5-4-6-8-10/h4-8H,3H2,1-2H3. The molecular formula is C11H13NOS. The summed E-state index contributed by atoms with van der Waals surface area (Å²) in [6, 6.07) is 9.58. The molecule has 0 saturated heterocycles. The molecule has 1 aromatic carbocycles. The van der Waals surface area contributed by atoms with Crippen molar-refractivity contribution >= 4 is 17.4 Å². The summed E-state index contributed by atoms with van der Waals surface area (Å²) >= 11 is 4.59. The SMILES string of the molecule is CCC(C)(N=C=S)Oc1ccccc1. The third-order valence-electron chi connectivity index (χ3n) is 2.02. The van der Waals surface area contributed by atoms with Gasteiger partial charge in [-0.15, -0.1) is 0 Å². The molecule has 1 rings (SSSR count). The third-order valence-corrected chi connectivity index (χ3v) is 2.11. The molecule has 0 aromatic heterocycles. The Morgan fingerprint density at radius 3 is 2.57 bits per heavy atom. The molecule has 0 heterocycles. The summed E-state index contributed by atoms with van der Waals surface area (Å²) in [7, 11) is 0. The fourth-order valence-corrected chi connectivity index (χ4v) is 1.21. The Hall–Kier alpha value is -1.18. The van der Waals surface area contributed by atoms with Gasteiger partial charge in [0.05, 0.1) is 5.16 Å². The quantitative estimate of drug-likeness (QED) is 0.558. The van der Waals surface area contributed by atoms with Crippen molar-refractivity contribution in [2.24, 2.45) is 4.99 Å². The Labute approximate surface area is 89.6 Å². The highest BCUT2D eigenvalue weighted by molar-refractivity contribution is 7.78. The molecule has 0 aliphatic carbocycles. The third kappa shape index (κ3) is 2.95. The zero-order valence-electron chi connectivity index (χ0n) is 8.36. The first-order chi connectivity index (χ1) is 6.70. The van der Waals surface area contributed by atoms with Crippen molar-refractivity contribution in [2.45, 2.75) is 26.0 Å². The van der Waals surface area contributed by atoms with Crippen LogP contribution in [0.3, 0.4) is 0 Å². The maximum Gasteiger partial charge on any atom is 0.206 e. The van der Waals surface area contributed by atoms with Crippen LogP contribution in [0.15, 0.2) is 35.3 Å². The molecule has 1 atom stereocenters. The van der Waals surface area contributed by atoms with E-state index in [2.05, 4.69) is 22.4 Å². The summed E-state index contributed by atoms with van der Waals surface area (Å²) in [6.07, 6.45) is 0.755. The van der Waals surface area contributed by atoms with Crippen LogP contribution in [-0.4, -0.2) is 10.9 Å². The predicted octanol–water partition coefficient (Wildman–Crippen LogP) is 3.29. The monoisotopic (exact) mass is 207 g/mol. The highest BCUT2D eigenvalue weighted by Crippen LogP contribution is 2.21. The number of ether oxygens (including phenoxy) is 1. The summed E-state index contributed by atoms with van der Waals surface area (Å²) in [5, 5.41) is 2.36. The highest BCUT2D eigenvalue weighted by atomic mass is 32.1. The van der Waals surface area contributed by atoms with E-state index in [0.717, 1.165) is 12.2 Å². The first kappa shape index (κ1) is 10.9. The smallest absolute Gasteiger partial charge is 0.206 e. The first-order valence-corrected chi connectivity index (χ1v) is 4.94. The molecule has 0 radical (unpaired) electrons. The van der Waals surface area contributed by atoms with E-state index in [4.69, 9.17) is 4.74 Å². The van der Waals surface area contributed by atoms with Crippen LogP contribution in [0.4, 0.5) is 0 Å². The van der Waals surface area contributed by atoms with Crippen molar-refractivity contribution in [2.75, 3.05) is 0 Å². The fourth-order valence-electron chi connectivity index (χ4n) is 1.01. The number of thiocarbonyl (C=S) groups is 1. The van der Waals surface area contributed by atoms with Crippen molar-refractivity contribution in [1.29, 1.82) is 0 Å². The molecule has 0 aliphatic heterocycles. The fraction of sp³-hybridized carbons (Fsp3) is 0.364. The Kier molecular flexibility index (Phi) is 3.81. The number of rotatable bonds is 4. The number of isothiocyanates is 1. The zero-order valence-corrected chi connectivity index (χ0v) is 9.17. The lowest BCUT2D eigenvalue weighted by Gasteiger charge is -2.23. The number of nitrogens with zero attached hydrogens (tertiary/aromatic N) is 1. The van der Waals surface area contributed by atoms with Crippen LogP contribution in [0, 0.1) is 0 Å². The lowest BCUT2D eigenvalue weighted by molar-refractivity contribution is 0.0955. The summed E-state index contributed by atoms with van der Waals surface area (Å²) in [4.78, 5) is 4.01. The zero-order chi connectivity index (χ0) is 10.4. The van der Waals surface area contributed by atoms with Gasteiger partial charge >= 0.3 is 0 Å². The van der Waals surface area contributed by atoms with E-state index in [-0.39, 0.29) is 0 Å². The van der Waals surface area contributed by atoms with Gasteiger partial charge in [0, 0.05) is 6.42 Å². The van der Waals surface area contributed by atoms with Gasteiger partial charge < -0.3 is 4.74 Å². The Morgan fingerprint density at radius 2 is 2.07 bits per heavy atom. The second kappa shape index (κ2) is 4.89. The van der Waals surface area contributed by atoms with Gasteiger partial charge in [0.1, 0.15) is 5.75 Å². The van der Waals surface area contributed by atoms with Crippen molar-refractivity contribution in [3.63, 3.8) is 0 Å². The van der Waals surface area contributed by atoms with Crippen LogP contribution in [0.25, 0.3) is 0 Å². The minimum absolute atomic E-state index is 0.594. The van der Waals surface area contributed by atoms with E-state index >= 15 is 0 Å². The maximum absolute atomic E-state index is 5.70. The molecule has 0 aliphatic rings. The topological polar surface area (TPSA) is 21.6 Å². The molecule has 1 unspecified atom stereocenters. The Morgan fingerprint density at radius 1 is 1.43 bits per heavy atom. The minimum atomic E-state index is -0.594. The molecule has 0 amide bonds. The average molecular weight is 207 g/mol. The lowest BCUT2D eigenvalue weighted by Crippen LogP contribution is -2.28. The number of para-hydroxylation sites is 1. The van der Waals surface area contributed by atoms with Crippen LogP contribution >= 0.6 is 12.2 Å². The number of hydrogen-bond donors (Lipinski definition) is 0. The second-order valence-electron chi connectivity index (χ2n) is 3.15. The first-order valence-electron chi connectivity index (χ1n) is 4.53. The van der Waals surface area contributed by atoms with E-state index in [1.165, 1.54) is 0 Å². The van der Waals surface area contributed by atoms with Gasteiger partial charge in [0.25, 0.3) is 0 Å². The molecule has 0 saturated carbocycles. The summed E-state index contributed by atoms with van der Waals surface area (Å²) in [5.41, 5.74) is -0.594. The van der Waals surface area contributed by atoms with Gasteiger partial charge in [-0.1, -0.05) is 25.1 Å². The maximum atomic E-state index is 5.70. The summed E-state index contributed by atoms with van der Waals surface area (Å²) in [5.74, 6) is 0.797. The minimum Gasteiger partial charge on any atom is -0.466 e. The molecule has 0 N–H and O–H groups in total. The predicted molar refractivity (Wildman–Crippen MR) is 60.8 cm³/mol. The van der Waals surface area contributed by atoms with Crippen molar-refractivity contribution in [1.82, 2.24) is 0 Å². The summed E-state index contributed by atoms with van der Waals surface area (Å²) in [6.45, 7) is 3.89. The molecule has 3 heteroatoms. The molecule has 0 bridgehead atoms. The van der Waals surface area contributed by atoms with Gasteiger partial charge in [-0.2, -0.15) is 4.99 Å². The largest absolute Gasteiger partial charge is 0.466 e. The van der Waals surface area contributed by atoms with Gasteiger partial charge in [0.2, 0.25) is 5.72 Å². The van der Waals surface area contributed by atoms with E-state index in [1.54, 1.807) is 0 Å². The molecule has 2 nitrogen and oxygen atoms in total. The average Bonchev–Trinajstić information content (AvgIpc) is 2.20. The lowest BCUT2D eigenvalue weighted by atomic mass is 10.2. The highest BCUT2D eigenvalue weighted by Gasteiger charge is 2.21. The number of benzene rings is 1. The summed E-state index contributed by atoms with van der Waals surface area (Å²) < 4.78 is 5.70. The second-order valence-corrected chi connectivity index (χ2v) is 3.33. The molecule has 0 fully saturated rings. The van der Waals surface area contributed by atoms with Crippen molar-refractivity contribution < 1.29 is 4.74 Å². The van der Waals surface area contributed by atoms with Gasteiger partial charge in [-0.05, 0) is 31.3 Å². The van der Waals surface area contributed by atoms with Gasteiger partial charge in [-0.25, -0.2) is 0 Å². The number of hydrogen-bond acceptors (Lipinski definition) is 3. The molecule has 0 spiro atoms. The van der Waals surface area contributed by atoms with E-state index in [9.17, 15) is 0 Å². The van der Waals surface area contributed by atoms with Crippen LogP contribution in [0.5, 0.6) is 5.75 Å².